The van der Waals surface area contributed by atoms with Crippen LogP contribution in [-0.2, 0) is 0 Å². The summed E-state index contributed by atoms with van der Waals surface area (Å²) in [4.78, 5) is 29.4. The number of hydrogen-bond acceptors (Lipinski definition) is 7. The first-order valence-electron chi connectivity index (χ1n) is 9.42. The summed E-state index contributed by atoms with van der Waals surface area (Å²) in [6.07, 6.45) is 0. The van der Waals surface area contributed by atoms with Crippen molar-refractivity contribution in [1.29, 1.82) is 0 Å². The van der Waals surface area contributed by atoms with Crippen LogP contribution in [0.1, 0.15) is 13.8 Å². The number of fused-ring (bicyclic) bond motifs is 2. The van der Waals surface area contributed by atoms with Gasteiger partial charge >= 0.3 is 0 Å². The molecule has 3 rings (SSSR count). The van der Waals surface area contributed by atoms with E-state index in [1.807, 2.05) is 0 Å². The number of anilines is 1. The van der Waals surface area contributed by atoms with Gasteiger partial charge in [0.1, 0.15) is 17.0 Å². The van der Waals surface area contributed by atoms with Crippen LogP contribution in [0.4, 0.5) is 11.4 Å². The lowest BCUT2D eigenvalue weighted by Crippen LogP contribution is -2.28. The molecule has 0 radical (unpaired) electrons. The zero-order valence-electron chi connectivity index (χ0n) is 16.6. The number of benzene rings is 2. The van der Waals surface area contributed by atoms with Gasteiger partial charge < -0.3 is 25.0 Å². The molecule has 9 nitrogen and oxygen atoms in total. The fourth-order valence-corrected chi connectivity index (χ4v) is 3.49. The second-order valence-corrected chi connectivity index (χ2v) is 6.58. The summed E-state index contributed by atoms with van der Waals surface area (Å²) >= 11 is 0. The van der Waals surface area contributed by atoms with E-state index in [4.69, 9.17) is 4.74 Å². The first kappa shape index (κ1) is 20.4. The van der Waals surface area contributed by atoms with E-state index in [2.05, 4.69) is 29.0 Å². The number of nitro groups is 1. The number of aromatic amines is 1. The number of phenolic OH excluding ortho intramolecular Hbond substituents is 1. The third-order valence-electron chi connectivity index (χ3n) is 5.09. The van der Waals surface area contributed by atoms with Crippen molar-refractivity contribution in [1.82, 2.24) is 9.88 Å². The number of phenols is 1. The first-order chi connectivity index (χ1) is 13.9. The van der Waals surface area contributed by atoms with Crippen LogP contribution in [0.3, 0.4) is 0 Å². The molecular weight excluding hydrogens is 376 g/mol. The number of nitrogens with zero attached hydrogens (tertiary/aromatic N) is 2. The van der Waals surface area contributed by atoms with Crippen LogP contribution in [-0.4, -0.2) is 53.2 Å². The summed E-state index contributed by atoms with van der Waals surface area (Å²) < 4.78 is 5.26. The molecule has 3 aromatic rings. The van der Waals surface area contributed by atoms with Crippen molar-refractivity contribution in [3.05, 3.63) is 44.6 Å². The zero-order chi connectivity index (χ0) is 21.1. The summed E-state index contributed by atoms with van der Waals surface area (Å²) in [7, 11) is 1.42. The number of rotatable bonds is 8. The van der Waals surface area contributed by atoms with Gasteiger partial charge in [-0.1, -0.05) is 13.8 Å². The van der Waals surface area contributed by atoms with Gasteiger partial charge in [-0.2, -0.15) is 0 Å². The van der Waals surface area contributed by atoms with E-state index in [1.165, 1.54) is 31.4 Å². The Labute approximate surface area is 167 Å². The normalized spacial score (nSPS) is 11.3. The van der Waals surface area contributed by atoms with Crippen molar-refractivity contribution in [3.63, 3.8) is 0 Å². The number of aromatic hydroxyl groups is 1. The van der Waals surface area contributed by atoms with E-state index in [1.54, 1.807) is 0 Å². The molecule has 0 saturated heterocycles. The van der Waals surface area contributed by atoms with Crippen molar-refractivity contribution >= 4 is 33.2 Å². The van der Waals surface area contributed by atoms with Gasteiger partial charge in [-0.15, -0.1) is 0 Å². The fourth-order valence-electron chi connectivity index (χ4n) is 3.49. The minimum absolute atomic E-state index is 0.0316. The Morgan fingerprint density at radius 2 is 1.90 bits per heavy atom. The Bertz CT molecular complexity index is 1120. The number of hydrogen-bond donors (Lipinski definition) is 3. The number of methoxy groups -OCH3 is 1. The molecule has 0 spiro atoms. The maximum Gasteiger partial charge on any atom is 0.293 e. The van der Waals surface area contributed by atoms with Gasteiger partial charge in [0.15, 0.2) is 0 Å². The molecule has 1 heterocycles. The van der Waals surface area contributed by atoms with Crippen molar-refractivity contribution in [3.8, 4) is 11.5 Å². The van der Waals surface area contributed by atoms with Crippen LogP contribution >= 0.6 is 0 Å². The smallest absolute Gasteiger partial charge is 0.293 e. The van der Waals surface area contributed by atoms with Gasteiger partial charge in [0.25, 0.3) is 5.69 Å². The molecule has 154 valence electrons. The fraction of sp³-hybridized carbons (Fsp3) is 0.350. The SMILES string of the molecule is CCN(CC)CCNc1ccc([N+](=O)[O-])c2[nH]c3c(OC)ccc(O)c3c(=O)c12. The Morgan fingerprint density at radius 3 is 2.52 bits per heavy atom. The quantitative estimate of drug-likeness (QED) is 0.302. The molecule has 0 amide bonds. The molecule has 1 aromatic heterocycles. The zero-order valence-corrected chi connectivity index (χ0v) is 16.6. The number of ether oxygens (including phenoxy) is 1. The summed E-state index contributed by atoms with van der Waals surface area (Å²) in [6.45, 7) is 7.26. The van der Waals surface area contributed by atoms with Gasteiger partial charge in [-0.05, 0) is 31.3 Å². The monoisotopic (exact) mass is 400 g/mol. The highest BCUT2D eigenvalue weighted by Crippen LogP contribution is 2.35. The van der Waals surface area contributed by atoms with E-state index in [0.29, 0.717) is 18.0 Å². The molecule has 0 aliphatic heterocycles. The average Bonchev–Trinajstić information content (AvgIpc) is 2.71. The number of aromatic nitrogens is 1. The predicted octanol–water partition coefficient (Wildman–Crippen LogP) is 3.06. The Balaban J connectivity index is 2.24. The lowest BCUT2D eigenvalue weighted by molar-refractivity contribution is -0.383. The Morgan fingerprint density at radius 1 is 1.17 bits per heavy atom. The topological polar surface area (TPSA) is 121 Å². The van der Waals surface area contributed by atoms with Crippen molar-refractivity contribution in [2.75, 3.05) is 38.6 Å². The summed E-state index contributed by atoms with van der Waals surface area (Å²) in [6, 6.07) is 5.75. The average molecular weight is 400 g/mol. The third-order valence-corrected chi connectivity index (χ3v) is 5.09. The van der Waals surface area contributed by atoms with E-state index in [0.717, 1.165) is 19.6 Å². The minimum atomic E-state index is -0.543. The standard InChI is InChI=1S/C20H24N4O5/c1-4-23(5-2)11-10-21-12-6-7-13(24(27)28)18-16(12)20(26)17-14(25)8-9-15(29-3)19(17)22-18/h6-9,21,25H,4-5,10-11H2,1-3H3,(H,22,26). The second kappa shape index (κ2) is 8.36. The van der Waals surface area contributed by atoms with Crippen molar-refractivity contribution in [2.24, 2.45) is 0 Å². The van der Waals surface area contributed by atoms with Crippen LogP contribution in [0, 0.1) is 10.1 Å². The second-order valence-electron chi connectivity index (χ2n) is 6.58. The molecule has 0 aliphatic carbocycles. The molecule has 0 atom stereocenters. The van der Waals surface area contributed by atoms with Crippen molar-refractivity contribution in [2.45, 2.75) is 13.8 Å². The molecule has 9 heteroatoms. The number of nitrogens with one attached hydrogen (secondary N) is 2. The maximum absolute atomic E-state index is 13.3. The van der Waals surface area contributed by atoms with Crippen LogP contribution in [0.2, 0.25) is 0 Å². The highest BCUT2D eigenvalue weighted by molar-refractivity contribution is 6.05. The first-order valence-corrected chi connectivity index (χ1v) is 9.42. The molecule has 0 bridgehead atoms. The van der Waals surface area contributed by atoms with Gasteiger partial charge in [0, 0.05) is 24.8 Å². The lowest BCUT2D eigenvalue weighted by Gasteiger charge is -2.19. The van der Waals surface area contributed by atoms with Crippen LogP contribution in [0.25, 0.3) is 21.8 Å². The molecule has 0 saturated carbocycles. The van der Waals surface area contributed by atoms with Crippen LogP contribution in [0.15, 0.2) is 29.1 Å². The molecular formula is C20H24N4O5. The molecule has 0 aliphatic rings. The summed E-state index contributed by atoms with van der Waals surface area (Å²) in [5, 5.41) is 25.2. The number of likely N-dealkylation sites (N-methyl/N-ethyl adjacent to an activating group) is 1. The van der Waals surface area contributed by atoms with E-state index >= 15 is 0 Å². The lowest BCUT2D eigenvalue weighted by atomic mass is 10.1. The van der Waals surface area contributed by atoms with E-state index < -0.39 is 10.4 Å². The minimum Gasteiger partial charge on any atom is -0.507 e. The third kappa shape index (κ3) is 3.68. The van der Waals surface area contributed by atoms with Crippen molar-refractivity contribution < 1.29 is 14.8 Å². The van der Waals surface area contributed by atoms with Gasteiger partial charge in [0.05, 0.1) is 28.3 Å². The van der Waals surface area contributed by atoms with E-state index in [9.17, 15) is 20.0 Å². The van der Waals surface area contributed by atoms with Gasteiger partial charge in [-0.3, -0.25) is 14.9 Å². The Hall–Kier alpha value is -3.33. The van der Waals surface area contributed by atoms with Crippen LogP contribution < -0.4 is 15.5 Å². The van der Waals surface area contributed by atoms with Crippen LogP contribution in [0.5, 0.6) is 11.5 Å². The molecule has 3 N–H and O–H groups in total. The highest BCUT2D eigenvalue weighted by Gasteiger charge is 2.22. The van der Waals surface area contributed by atoms with Gasteiger partial charge in [0.2, 0.25) is 5.43 Å². The summed E-state index contributed by atoms with van der Waals surface area (Å²) in [5.41, 5.74) is 0.0543. The molecule has 29 heavy (non-hydrogen) atoms. The Kier molecular flexibility index (Phi) is 5.88. The number of H-pyrrole nitrogens is 1. The number of nitro benzene ring substituents is 1. The predicted molar refractivity (Wildman–Crippen MR) is 113 cm³/mol. The molecule has 0 fully saturated rings. The summed E-state index contributed by atoms with van der Waals surface area (Å²) in [5.74, 6) is 0.0931. The highest BCUT2D eigenvalue weighted by atomic mass is 16.6. The largest absolute Gasteiger partial charge is 0.507 e. The molecule has 2 aromatic carbocycles. The molecule has 0 unspecified atom stereocenters. The maximum atomic E-state index is 13.3. The van der Waals surface area contributed by atoms with E-state index in [-0.39, 0.29) is 33.2 Å². The van der Waals surface area contributed by atoms with Gasteiger partial charge in [-0.25, -0.2) is 0 Å². The number of pyridine rings is 1. The number of non-ortho nitro benzene ring substituents is 1.